The molecule has 1 aromatic heterocycles. The van der Waals surface area contributed by atoms with Crippen LogP contribution in [0.2, 0.25) is 5.02 Å². The molecule has 0 aliphatic rings. The fraction of sp³-hybridized carbons (Fsp3) is 0.118. The van der Waals surface area contributed by atoms with Crippen LogP contribution in [0, 0.1) is 0 Å². The summed E-state index contributed by atoms with van der Waals surface area (Å²) in [6, 6.07) is 12.5. The number of hydrogen-bond acceptors (Lipinski definition) is 5. The SMILES string of the molecule is O=C(O)COc1ccc(Br)cc1-c1nc(Cc2ccc(Cl)cc2)no1. The van der Waals surface area contributed by atoms with Crippen molar-refractivity contribution in [2.24, 2.45) is 0 Å². The van der Waals surface area contributed by atoms with Crippen molar-refractivity contribution in [3.05, 3.63) is 63.3 Å². The maximum absolute atomic E-state index is 10.7. The normalized spacial score (nSPS) is 10.6. The predicted octanol–water partition coefficient (Wildman–Crippen LogP) is 4.21. The van der Waals surface area contributed by atoms with Crippen molar-refractivity contribution in [2.75, 3.05) is 6.61 Å². The number of benzene rings is 2. The molecule has 0 aliphatic heterocycles. The van der Waals surface area contributed by atoms with Gasteiger partial charge in [0.15, 0.2) is 12.4 Å². The lowest BCUT2D eigenvalue weighted by molar-refractivity contribution is -0.139. The topological polar surface area (TPSA) is 85.5 Å². The summed E-state index contributed by atoms with van der Waals surface area (Å²) >= 11 is 9.24. The second-order valence-corrected chi connectivity index (χ2v) is 6.49. The van der Waals surface area contributed by atoms with Gasteiger partial charge in [-0.15, -0.1) is 0 Å². The van der Waals surface area contributed by atoms with Crippen LogP contribution in [0.1, 0.15) is 11.4 Å². The Morgan fingerprint density at radius 1 is 1.24 bits per heavy atom. The van der Waals surface area contributed by atoms with Crippen LogP contribution in [0.3, 0.4) is 0 Å². The first kappa shape index (κ1) is 17.4. The Labute approximate surface area is 156 Å². The van der Waals surface area contributed by atoms with Gasteiger partial charge in [-0.2, -0.15) is 4.98 Å². The number of carboxylic acid groups (broad SMARTS) is 1. The maximum atomic E-state index is 10.7. The van der Waals surface area contributed by atoms with Gasteiger partial charge in [-0.3, -0.25) is 0 Å². The number of carboxylic acids is 1. The summed E-state index contributed by atoms with van der Waals surface area (Å²) in [5, 5.41) is 13.4. The Morgan fingerprint density at radius 2 is 2.00 bits per heavy atom. The number of ether oxygens (including phenoxy) is 1. The Morgan fingerprint density at radius 3 is 2.72 bits per heavy atom. The third-order valence-electron chi connectivity index (χ3n) is 3.27. The Hall–Kier alpha value is -2.38. The second kappa shape index (κ2) is 7.67. The molecule has 0 radical (unpaired) electrons. The van der Waals surface area contributed by atoms with E-state index in [2.05, 4.69) is 26.1 Å². The van der Waals surface area contributed by atoms with Crippen molar-refractivity contribution >= 4 is 33.5 Å². The molecule has 0 saturated carbocycles. The minimum atomic E-state index is -1.07. The van der Waals surface area contributed by atoms with E-state index in [1.54, 1.807) is 30.3 Å². The molecule has 0 aliphatic carbocycles. The van der Waals surface area contributed by atoms with E-state index in [-0.39, 0.29) is 5.89 Å². The van der Waals surface area contributed by atoms with E-state index in [0.717, 1.165) is 10.0 Å². The molecule has 0 bridgehead atoms. The van der Waals surface area contributed by atoms with Crippen molar-refractivity contribution in [1.29, 1.82) is 0 Å². The first-order chi connectivity index (χ1) is 12.0. The molecule has 1 heterocycles. The van der Waals surface area contributed by atoms with Gasteiger partial charge in [0.25, 0.3) is 5.89 Å². The first-order valence-corrected chi connectivity index (χ1v) is 8.40. The molecule has 0 spiro atoms. The molecule has 1 N–H and O–H groups in total. The summed E-state index contributed by atoms with van der Waals surface area (Å²) in [7, 11) is 0. The fourth-order valence-corrected chi connectivity index (χ4v) is 2.64. The highest BCUT2D eigenvalue weighted by Crippen LogP contribution is 2.32. The predicted molar refractivity (Wildman–Crippen MR) is 94.8 cm³/mol. The van der Waals surface area contributed by atoms with Crippen LogP contribution in [-0.2, 0) is 11.2 Å². The number of hydrogen-bond donors (Lipinski definition) is 1. The number of nitrogens with zero attached hydrogens (tertiary/aromatic N) is 2. The van der Waals surface area contributed by atoms with Crippen molar-refractivity contribution in [2.45, 2.75) is 6.42 Å². The standard InChI is InChI=1S/C17H12BrClN2O4/c18-11-3-6-14(24-9-16(22)23)13(8-11)17-20-15(21-25-17)7-10-1-4-12(19)5-2-10/h1-6,8H,7,9H2,(H,22,23). The molecule has 0 saturated heterocycles. The molecule has 25 heavy (non-hydrogen) atoms. The molecule has 0 atom stereocenters. The number of halogens is 2. The lowest BCUT2D eigenvalue weighted by atomic mass is 10.1. The molecule has 0 amide bonds. The second-order valence-electron chi connectivity index (χ2n) is 5.14. The van der Waals surface area contributed by atoms with Crippen LogP contribution in [0.4, 0.5) is 0 Å². The van der Waals surface area contributed by atoms with Gasteiger partial charge in [0.2, 0.25) is 0 Å². The number of aromatic nitrogens is 2. The lowest BCUT2D eigenvalue weighted by Gasteiger charge is -2.07. The smallest absolute Gasteiger partial charge is 0.341 e. The highest BCUT2D eigenvalue weighted by Gasteiger charge is 2.16. The quantitative estimate of drug-likeness (QED) is 0.639. The molecular weight excluding hydrogens is 412 g/mol. The molecule has 8 heteroatoms. The summed E-state index contributed by atoms with van der Waals surface area (Å²) in [6.45, 7) is -0.458. The van der Waals surface area contributed by atoms with Crippen LogP contribution >= 0.6 is 27.5 Å². The van der Waals surface area contributed by atoms with Crippen molar-refractivity contribution in [3.8, 4) is 17.2 Å². The van der Waals surface area contributed by atoms with Gasteiger partial charge in [-0.1, -0.05) is 44.8 Å². The lowest BCUT2D eigenvalue weighted by Crippen LogP contribution is -2.10. The number of rotatable bonds is 6. The summed E-state index contributed by atoms with van der Waals surface area (Å²) in [5.41, 5.74) is 1.51. The zero-order valence-corrected chi connectivity index (χ0v) is 15.1. The van der Waals surface area contributed by atoms with Gasteiger partial charge in [-0.05, 0) is 35.9 Å². The average Bonchev–Trinajstić information content (AvgIpc) is 3.04. The van der Waals surface area contributed by atoms with Gasteiger partial charge >= 0.3 is 5.97 Å². The van der Waals surface area contributed by atoms with E-state index in [1.807, 2.05) is 12.1 Å². The molecule has 128 valence electrons. The van der Waals surface area contributed by atoms with E-state index in [1.165, 1.54) is 0 Å². The van der Waals surface area contributed by atoms with E-state index in [4.69, 9.17) is 26.0 Å². The van der Waals surface area contributed by atoms with Crippen LogP contribution in [0.25, 0.3) is 11.5 Å². The van der Waals surface area contributed by atoms with Crippen LogP contribution < -0.4 is 4.74 Å². The summed E-state index contributed by atoms with van der Waals surface area (Å²) in [5.74, 6) is 0.0438. The number of aliphatic carboxylic acids is 1. The summed E-state index contributed by atoms with van der Waals surface area (Å²) < 4.78 is 11.4. The summed E-state index contributed by atoms with van der Waals surface area (Å²) in [4.78, 5) is 15.1. The van der Waals surface area contributed by atoms with Crippen LogP contribution in [0.5, 0.6) is 5.75 Å². The monoisotopic (exact) mass is 422 g/mol. The highest BCUT2D eigenvalue weighted by molar-refractivity contribution is 9.10. The van der Waals surface area contributed by atoms with E-state index < -0.39 is 12.6 Å². The van der Waals surface area contributed by atoms with E-state index >= 15 is 0 Å². The third-order valence-corrected chi connectivity index (χ3v) is 4.01. The molecular formula is C17H12BrClN2O4. The van der Waals surface area contributed by atoms with Crippen molar-refractivity contribution in [3.63, 3.8) is 0 Å². The highest BCUT2D eigenvalue weighted by atomic mass is 79.9. The fourth-order valence-electron chi connectivity index (χ4n) is 2.15. The Bertz CT molecular complexity index is 896. The molecule has 0 unspecified atom stereocenters. The van der Waals surface area contributed by atoms with Gasteiger partial charge in [0.1, 0.15) is 5.75 Å². The minimum Gasteiger partial charge on any atom is -0.481 e. The Balaban J connectivity index is 1.84. The number of carbonyl (C=O) groups is 1. The molecule has 2 aromatic carbocycles. The third kappa shape index (κ3) is 4.58. The molecule has 6 nitrogen and oxygen atoms in total. The largest absolute Gasteiger partial charge is 0.481 e. The zero-order chi connectivity index (χ0) is 17.8. The van der Waals surface area contributed by atoms with Gasteiger partial charge in [-0.25, -0.2) is 4.79 Å². The van der Waals surface area contributed by atoms with Crippen molar-refractivity contribution in [1.82, 2.24) is 10.1 Å². The van der Waals surface area contributed by atoms with Crippen molar-refractivity contribution < 1.29 is 19.2 Å². The van der Waals surface area contributed by atoms with Crippen LogP contribution in [0.15, 0.2) is 51.5 Å². The zero-order valence-electron chi connectivity index (χ0n) is 12.8. The maximum Gasteiger partial charge on any atom is 0.341 e. The van der Waals surface area contributed by atoms with E-state index in [0.29, 0.717) is 28.6 Å². The minimum absolute atomic E-state index is 0.255. The van der Waals surface area contributed by atoms with Gasteiger partial charge < -0.3 is 14.4 Å². The van der Waals surface area contributed by atoms with E-state index in [9.17, 15) is 4.79 Å². The average molecular weight is 424 g/mol. The molecule has 3 aromatic rings. The molecule has 3 rings (SSSR count). The van der Waals surface area contributed by atoms with Crippen LogP contribution in [-0.4, -0.2) is 27.8 Å². The first-order valence-electron chi connectivity index (χ1n) is 7.23. The van der Waals surface area contributed by atoms with Gasteiger partial charge in [0.05, 0.1) is 5.56 Å². The summed E-state index contributed by atoms with van der Waals surface area (Å²) in [6.07, 6.45) is 0.486. The molecule has 0 fully saturated rings. The Kier molecular flexibility index (Phi) is 5.35. The van der Waals surface area contributed by atoms with Gasteiger partial charge in [0, 0.05) is 15.9 Å².